The number of benzene rings is 1. The maximum absolute atomic E-state index is 5.74. The molecule has 1 aromatic rings. The van der Waals surface area contributed by atoms with Gasteiger partial charge in [-0.2, -0.15) is 0 Å². The first-order valence-corrected chi connectivity index (χ1v) is 7.50. The van der Waals surface area contributed by atoms with Crippen molar-refractivity contribution in [1.82, 2.24) is 0 Å². The quantitative estimate of drug-likeness (QED) is 0.752. The second-order valence-corrected chi connectivity index (χ2v) is 6.38. The number of alkyl halides is 1. The lowest BCUT2D eigenvalue weighted by atomic mass is 9.83. The molecule has 1 aliphatic heterocycles. The van der Waals surface area contributed by atoms with Gasteiger partial charge in [-0.3, -0.25) is 0 Å². The molecule has 0 spiro atoms. The maximum atomic E-state index is 5.74. The number of hydrogen-bond donors (Lipinski definition) is 0. The molecular formula is C15H21BrO2. The van der Waals surface area contributed by atoms with E-state index in [1.165, 1.54) is 5.56 Å². The van der Waals surface area contributed by atoms with E-state index < -0.39 is 0 Å². The van der Waals surface area contributed by atoms with Gasteiger partial charge in [0.25, 0.3) is 0 Å². The van der Waals surface area contributed by atoms with Crippen molar-refractivity contribution in [3.63, 3.8) is 0 Å². The highest BCUT2D eigenvalue weighted by Crippen LogP contribution is 2.45. The Morgan fingerprint density at radius 3 is 2.56 bits per heavy atom. The Kier molecular flexibility index (Phi) is 4.21. The Labute approximate surface area is 118 Å². The monoisotopic (exact) mass is 312 g/mol. The van der Waals surface area contributed by atoms with E-state index in [-0.39, 0.29) is 5.41 Å². The Morgan fingerprint density at radius 2 is 1.89 bits per heavy atom. The third kappa shape index (κ3) is 2.82. The predicted octanol–water partition coefficient (Wildman–Crippen LogP) is 4.72. The SMILES string of the molecule is CCC(C)(C)C(Br)c1ccc2c(c1)OCCCO2. The largest absolute Gasteiger partial charge is 0.490 e. The molecule has 0 saturated carbocycles. The highest BCUT2D eigenvalue weighted by atomic mass is 79.9. The van der Waals surface area contributed by atoms with Crippen molar-refractivity contribution >= 4 is 15.9 Å². The van der Waals surface area contributed by atoms with Gasteiger partial charge in [0.1, 0.15) is 0 Å². The van der Waals surface area contributed by atoms with E-state index in [1.807, 2.05) is 6.07 Å². The Morgan fingerprint density at radius 1 is 1.22 bits per heavy atom. The fourth-order valence-electron chi connectivity index (χ4n) is 1.97. The molecule has 0 N–H and O–H groups in total. The van der Waals surface area contributed by atoms with Gasteiger partial charge < -0.3 is 9.47 Å². The van der Waals surface area contributed by atoms with Gasteiger partial charge in [-0.05, 0) is 29.5 Å². The number of halogens is 1. The second-order valence-electron chi connectivity index (χ2n) is 5.46. The van der Waals surface area contributed by atoms with Gasteiger partial charge in [-0.25, -0.2) is 0 Å². The Hall–Kier alpha value is -0.700. The lowest BCUT2D eigenvalue weighted by Crippen LogP contribution is -2.16. The molecule has 1 unspecified atom stereocenters. The molecule has 2 rings (SSSR count). The van der Waals surface area contributed by atoms with Crippen LogP contribution >= 0.6 is 15.9 Å². The van der Waals surface area contributed by atoms with Crippen molar-refractivity contribution in [1.29, 1.82) is 0 Å². The fraction of sp³-hybridized carbons (Fsp3) is 0.600. The van der Waals surface area contributed by atoms with Crippen LogP contribution in [0.25, 0.3) is 0 Å². The third-order valence-corrected chi connectivity index (χ3v) is 5.43. The van der Waals surface area contributed by atoms with Gasteiger partial charge in [-0.15, -0.1) is 0 Å². The molecule has 0 aliphatic carbocycles. The van der Waals surface area contributed by atoms with Crippen LogP contribution in [-0.4, -0.2) is 13.2 Å². The number of fused-ring (bicyclic) bond motifs is 1. The molecule has 0 saturated heterocycles. The molecule has 1 aromatic carbocycles. The summed E-state index contributed by atoms with van der Waals surface area (Å²) in [7, 11) is 0. The van der Waals surface area contributed by atoms with Gasteiger partial charge in [0.05, 0.1) is 13.2 Å². The Balaban J connectivity index is 2.28. The van der Waals surface area contributed by atoms with E-state index in [1.54, 1.807) is 0 Å². The minimum atomic E-state index is 0.222. The van der Waals surface area contributed by atoms with Crippen molar-refractivity contribution in [2.45, 2.75) is 38.4 Å². The molecule has 1 aliphatic rings. The van der Waals surface area contributed by atoms with Crippen LogP contribution in [0.2, 0.25) is 0 Å². The van der Waals surface area contributed by atoms with E-state index in [9.17, 15) is 0 Å². The first-order valence-electron chi connectivity index (χ1n) is 6.58. The van der Waals surface area contributed by atoms with E-state index in [0.717, 1.165) is 37.6 Å². The smallest absolute Gasteiger partial charge is 0.161 e. The third-order valence-electron chi connectivity index (χ3n) is 3.66. The van der Waals surface area contributed by atoms with E-state index in [2.05, 4.69) is 48.8 Å². The second kappa shape index (κ2) is 5.52. The number of hydrogen-bond acceptors (Lipinski definition) is 2. The van der Waals surface area contributed by atoms with Gasteiger partial charge in [0, 0.05) is 11.2 Å². The highest BCUT2D eigenvalue weighted by molar-refractivity contribution is 9.09. The zero-order valence-corrected chi connectivity index (χ0v) is 12.9. The maximum Gasteiger partial charge on any atom is 0.161 e. The molecule has 1 atom stereocenters. The Bertz CT molecular complexity index is 415. The van der Waals surface area contributed by atoms with Crippen molar-refractivity contribution in [2.75, 3.05) is 13.2 Å². The zero-order chi connectivity index (χ0) is 13.2. The first kappa shape index (κ1) is 13.7. The highest BCUT2D eigenvalue weighted by Gasteiger charge is 2.27. The van der Waals surface area contributed by atoms with E-state index >= 15 is 0 Å². The number of ether oxygens (including phenoxy) is 2. The van der Waals surface area contributed by atoms with Crippen molar-refractivity contribution in [3.8, 4) is 11.5 Å². The molecular weight excluding hydrogens is 292 g/mol. The summed E-state index contributed by atoms with van der Waals surface area (Å²) in [6.07, 6.45) is 2.07. The van der Waals surface area contributed by atoms with Crippen LogP contribution in [0.4, 0.5) is 0 Å². The topological polar surface area (TPSA) is 18.5 Å². The van der Waals surface area contributed by atoms with Crippen LogP contribution in [0.15, 0.2) is 18.2 Å². The summed E-state index contributed by atoms with van der Waals surface area (Å²) in [5.74, 6) is 1.74. The average molecular weight is 313 g/mol. The molecule has 0 aromatic heterocycles. The molecule has 0 fully saturated rings. The molecule has 100 valence electrons. The summed E-state index contributed by atoms with van der Waals surface area (Å²) in [6, 6.07) is 6.26. The fourth-order valence-corrected chi connectivity index (χ4v) is 2.58. The van der Waals surface area contributed by atoms with Crippen LogP contribution in [0.3, 0.4) is 0 Å². The van der Waals surface area contributed by atoms with Crippen molar-refractivity contribution in [2.24, 2.45) is 5.41 Å². The summed E-state index contributed by atoms with van der Waals surface area (Å²) < 4.78 is 11.4. The molecule has 0 amide bonds. The lowest BCUT2D eigenvalue weighted by molar-refractivity contribution is 0.296. The zero-order valence-electron chi connectivity index (χ0n) is 11.3. The number of rotatable bonds is 3. The molecule has 1 heterocycles. The van der Waals surface area contributed by atoms with Gasteiger partial charge in [0.15, 0.2) is 11.5 Å². The minimum absolute atomic E-state index is 0.222. The van der Waals surface area contributed by atoms with E-state index in [0.29, 0.717) is 4.83 Å². The van der Waals surface area contributed by atoms with Crippen LogP contribution in [0, 0.1) is 5.41 Å². The summed E-state index contributed by atoms with van der Waals surface area (Å²) in [5, 5.41) is 0. The molecule has 2 nitrogen and oxygen atoms in total. The summed E-state index contributed by atoms with van der Waals surface area (Å²) >= 11 is 3.82. The normalized spacial score (nSPS) is 17.1. The van der Waals surface area contributed by atoms with E-state index in [4.69, 9.17) is 9.47 Å². The van der Waals surface area contributed by atoms with Crippen LogP contribution in [-0.2, 0) is 0 Å². The molecule has 0 radical (unpaired) electrons. The van der Waals surface area contributed by atoms with Crippen molar-refractivity contribution < 1.29 is 9.47 Å². The van der Waals surface area contributed by atoms with Gasteiger partial charge in [-0.1, -0.05) is 42.8 Å². The molecule has 18 heavy (non-hydrogen) atoms. The lowest BCUT2D eigenvalue weighted by Gasteiger charge is -2.29. The van der Waals surface area contributed by atoms with Crippen LogP contribution < -0.4 is 9.47 Å². The molecule has 3 heteroatoms. The average Bonchev–Trinajstić information content (AvgIpc) is 2.62. The van der Waals surface area contributed by atoms with Gasteiger partial charge in [0.2, 0.25) is 0 Å². The van der Waals surface area contributed by atoms with Crippen molar-refractivity contribution in [3.05, 3.63) is 23.8 Å². The predicted molar refractivity (Wildman–Crippen MR) is 77.8 cm³/mol. The van der Waals surface area contributed by atoms with Gasteiger partial charge >= 0.3 is 0 Å². The minimum Gasteiger partial charge on any atom is -0.490 e. The summed E-state index contributed by atoms with van der Waals surface area (Å²) in [6.45, 7) is 8.24. The first-order chi connectivity index (χ1) is 8.54. The van der Waals surface area contributed by atoms with Crippen LogP contribution in [0.5, 0.6) is 11.5 Å². The summed E-state index contributed by atoms with van der Waals surface area (Å²) in [4.78, 5) is 0.326. The standard InChI is InChI=1S/C15H21BrO2/c1-4-15(2,3)14(16)11-6-7-12-13(10-11)18-9-5-8-17-12/h6-7,10,14H,4-5,8-9H2,1-3H3. The van der Waals surface area contributed by atoms with Crippen LogP contribution in [0.1, 0.15) is 44.0 Å². The summed E-state index contributed by atoms with van der Waals surface area (Å²) in [5.41, 5.74) is 1.48. The molecule has 0 bridgehead atoms.